The highest BCUT2D eigenvalue weighted by atomic mass is 19.4. The quantitative estimate of drug-likeness (QED) is 0.820. The van der Waals surface area contributed by atoms with Crippen molar-refractivity contribution in [3.63, 3.8) is 0 Å². The van der Waals surface area contributed by atoms with Crippen molar-refractivity contribution in [2.24, 2.45) is 0 Å². The van der Waals surface area contributed by atoms with E-state index in [1.54, 1.807) is 6.92 Å². The first kappa shape index (κ1) is 20.0. The molecule has 0 fully saturated rings. The number of aliphatic carboxylic acids is 1. The maximum atomic E-state index is 12.5. The Kier molecular flexibility index (Phi) is 6.39. The molecule has 136 valence electrons. The normalized spacial score (nSPS) is 13.0. The third kappa shape index (κ3) is 5.24. The summed E-state index contributed by atoms with van der Waals surface area (Å²) in [6.07, 6.45) is -4.01. The Balaban J connectivity index is 3.02. The molecule has 1 amide bonds. The number of nitrogens with zero attached hydrogens (tertiary/aromatic N) is 3. The predicted molar refractivity (Wildman–Crippen MR) is 80.6 cm³/mol. The van der Waals surface area contributed by atoms with Crippen LogP contribution in [0.3, 0.4) is 0 Å². The number of hydrogen-bond donors (Lipinski definition) is 1. The minimum absolute atomic E-state index is 0.173. The van der Waals surface area contributed by atoms with Gasteiger partial charge in [-0.1, -0.05) is 6.92 Å². The Morgan fingerprint density at radius 3 is 2.38 bits per heavy atom. The van der Waals surface area contributed by atoms with Gasteiger partial charge in [0.2, 0.25) is 5.91 Å². The van der Waals surface area contributed by atoms with Crippen molar-refractivity contribution in [3.8, 4) is 0 Å². The molecule has 0 aliphatic rings. The van der Waals surface area contributed by atoms with E-state index in [-0.39, 0.29) is 18.2 Å². The summed E-state index contributed by atoms with van der Waals surface area (Å²) in [5.41, 5.74) is 1.00. The van der Waals surface area contributed by atoms with Crippen LogP contribution in [0.2, 0.25) is 0 Å². The Hall–Kier alpha value is -2.06. The fraction of sp³-hybridized carbons (Fsp3) is 0.667. The van der Waals surface area contributed by atoms with Crippen molar-refractivity contribution in [1.82, 2.24) is 14.7 Å². The summed E-state index contributed by atoms with van der Waals surface area (Å²) in [4.78, 5) is 24.6. The third-order valence-corrected chi connectivity index (χ3v) is 3.94. The Morgan fingerprint density at radius 2 is 1.92 bits per heavy atom. The molecule has 1 aromatic rings. The van der Waals surface area contributed by atoms with E-state index in [4.69, 9.17) is 5.11 Å². The van der Waals surface area contributed by atoms with Gasteiger partial charge in [-0.15, -0.1) is 0 Å². The molecule has 0 saturated carbocycles. The minimum atomic E-state index is -4.41. The van der Waals surface area contributed by atoms with Crippen LogP contribution in [0, 0.1) is 13.8 Å². The predicted octanol–water partition coefficient (Wildman–Crippen LogP) is 2.32. The molecule has 0 aromatic carbocycles. The number of aryl methyl sites for hydroxylation is 1. The first-order chi connectivity index (χ1) is 11.0. The van der Waals surface area contributed by atoms with Crippen LogP contribution in [0.4, 0.5) is 13.2 Å². The van der Waals surface area contributed by atoms with Gasteiger partial charge in [-0.05, 0) is 27.2 Å². The van der Waals surface area contributed by atoms with Crippen LogP contribution >= 0.6 is 0 Å². The third-order valence-electron chi connectivity index (χ3n) is 3.94. The molecule has 1 rings (SSSR count). The van der Waals surface area contributed by atoms with E-state index in [0.29, 0.717) is 17.7 Å². The van der Waals surface area contributed by atoms with E-state index in [2.05, 4.69) is 5.10 Å². The molecule has 1 N–H and O–H groups in total. The van der Waals surface area contributed by atoms with Crippen LogP contribution in [0.15, 0.2) is 0 Å². The molecule has 24 heavy (non-hydrogen) atoms. The topological polar surface area (TPSA) is 75.4 Å². The molecule has 0 bridgehead atoms. The molecule has 0 radical (unpaired) electrons. The second-order valence-electron chi connectivity index (χ2n) is 5.77. The highest BCUT2D eigenvalue weighted by Crippen LogP contribution is 2.22. The number of carbonyl (C=O) groups excluding carboxylic acids is 1. The average molecular weight is 349 g/mol. The maximum Gasteiger partial charge on any atom is 0.408 e. The summed E-state index contributed by atoms with van der Waals surface area (Å²) in [5, 5.41) is 12.8. The lowest BCUT2D eigenvalue weighted by Crippen LogP contribution is -2.42. The van der Waals surface area contributed by atoms with Crippen molar-refractivity contribution in [3.05, 3.63) is 17.0 Å². The number of aromatic nitrogens is 2. The van der Waals surface area contributed by atoms with Gasteiger partial charge < -0.3 is 10.0 Å². The molecule has 1 atom stereocenters. The zero-order valence-electron chi connectivity index (χ0n) is 14.1. The molecule has 0 saturated heterocycles. The lowest BCUT2D eigenvalue weighted by Gasteiger charge is -2.27. The van der Waals surface area contributed by atoms with Crippen molar-refractivity contribution in [1.29, 1.82) is 0 Å². The van der Waals surface area contributed by atoms with Crippen LogP contribution in [0.1, 0.15) is 37.2 Å². The van der Waals surface area contributed by atoms with Gasteiger partial charge >= 0.3 is 12.1 Å². The Bertz CT molecular complexity index is 611. The molecule has 9 heteroatoms. The van der Waals surface area contributed by atoms with Crippen molar-refractivity contribution >= 4 is 11.9 Å². The molecule has 6 nitrogen and oxygen atoms in total. The first-order valence-corrected chi connectivity index (χ1v) is 7.57. The fourth-order valence-electron chi connectivity index (χ4n) is 2.42. The molecule has 1 aromatic heterocycles. The Morgan fingerprint density at radius 1 is 1.33 bits per heavy atom. The van der Waals surface area contributed by atoms with E-state index >= 15 is 0 Å². The molecule has 0 aliphatic heterocycles. The number of carboxylic acids is 1. The van der Waals surface area contributed by atoms with Gasteiger partial charge in [0.1, 0.15) is 13.1 Å². The summed E-state index contributed by atoms with van der Waals surface area (Å²) in [5.74, 6) is -1.57. The van der Waals surface area contributed by atoms with Gasteiger partial charge in [0.05, 0.1) is 12.1 Å². The Labute approximate surface area is 138 Å². The monoisotopic (exact) mass is 349 g/mol. The number of hydrogen-bond acceptors (Lipinski definition) is 3. The molecule has 0 aliphatic carbocycles. The van der Waals surface area contributed by atoms with E-state index in [1.807, 2.05) is 6.92 Å². The zero-order valence-corrected chi connectivity index (χ0v) is 14.1. The van der Waals surface area contributed by atoms with Gasteiger partial charge in [0.15, 0.2) is 0 Å². The smallest absolute Gasteiger partial charge is 0.408 e. The van der Waals surface area contributed by atoms with Crippen molar-refractivity contribution in [2.45, 2.75) is 59.3 Å². The van der Waals surface area contributed by atoms with Crippen molar-refractivity contribution in [2.75, 3.05) is 6.54 Å². The summed E-state index contributed by atoms with van der Waals surface area (Å²) >= 11 is 0. The summed E-state index contributed by atoms with van der Waals surface area (Å²) in [7, 11) is 0. The zero-order chi connectivity index (χ0) is 18.7. The lowest BCUT2D eigenvalue weighted by atomic mass is 10.1. The van der Waals surface area contributed by atoms with Crippen molar-refractivity contribution < 1.29 is 27.9 Å². The highest BCUT2D eigenvalue weighted by molar-refractivity contribution is 5.83. The minimum Gasteiger partial charge on any atom is -0.480 e. The van der Waals surface area contributed by atoms with Gasteiger partial charge in [-0.2, -0.15) is 18.3 Å². The number of rotatable bonds is 7. The van der Waals surface area contributed by atoms with Crippen LogP contribution in [0.5, 0.6) is 0 Å². The second kappa shape index (κ2) is 7.67. The summed E-state index contributed by atoms with van der Waals surface area (Å²) < 4.78 is 38.5. The fourth-order valence-corrected chi connectivity index (χ4v) is 2.42. The highest BCUT2D eigenvalue weighted by Gasteiger charge is 2.31. The molecule has 1 heterocycles. The SMILES string of the molecule is CCC(C)N(CC(=O)O)C(=O)Cc1c(C)nn(CC(F)(F)F)c1C. The summed E-state index contributed by atoms with van der Waals surface area (Å²) in [6.45, 7) is 4.89. The molecule has 1 unspecified atom stereocenters. The lowest BCUT2D eigenvalue weighted by molar-refractivity contribution is -0.145. The van der Waals surface area contributed by atoms with Crippen LogP contribution < -0.4 is 0 Å². The number of carbonyl (C=O) groups is 2. The van der Waals surface area contributed by atoms with Gasteiger partial charge in [0, 0.05) is 17.3 Å². The second-order valence-corrected chi connectivity index (χ2v) is 5.77. The number of amides is 1. The van der Waals surface area contributed by atoms with Crippen LogP contribution in [-0.4, -0.2) is 50.4 Å². The van der Waals surface area contributed by atoms with E-state index < -0.39 is 31.1 Å². The molecule has 0 spiro atoms. The summed E-state index contributed by atoms with van der Waals surface area (Å²) in [6, 6.07) is -0.278. The van der Waals surface area contributed by atoms with Crippen LogP contribution in [0.25, 0.3) is 0 Å². The largest absolute Gasteiger partial charge is 0.480 e. The average Bonchev–Trinajstić information content (AvgIpc) is 2.69. The van der Waals surface area contributed by atoms with Gasteiger partial charge in [0.25, 0.3) is 0 Å². The number of halogens is 3. The molecular formula is C15H22F3N3O3. The van der Waals surface area contributed by atoms with E-state index in [9.17, 15) is 22.8 Å². The number of alkyl halides is 3. The number of carboxylic acid groups (broad SMARTS) is 1. The van der Waals surface area contributed by atoms with E-state index in [0.717, 1.165) is 4.68 Å². The first-order valence-electron chi connectivity index (χ1n) is 7.57. The standard InChI is InChI=1S/C15H22F3N3O3/c1-5-9(2)20(7-14(23)24)13(22)6-12-10(3)19-21(11(12)4)8-15(16,17)18/h9H,5-8H2,1-4H3,(H,23,24). The maximum absolute atomic E-state index is 12.5. The van der Waals surface area contributed by atoms with Crippen LogP contribution in [-0.2, 0) is 22.6 Å². The van der Waals surface area contributed by atoms with Gasteiger partial charge in [-0.25, -0.2) is 0 Å². The van der Waals surface area contributed by atoms with E-state index in [1.165, 1.54) is 18.7 Å². The van der Waals surface area contributed by atoms with Gasteiger partial charge in [-0.3, -0.25) is 14.3 Å². The molecular weight excluding hydrogens is 327 g/mol.